The Bertz CT molecular complexity index is 644. The van der Waals surface area contributed by atoms with Crippen LogP contribution in [-0.2, 0) is 11.3 Å². The van der Waals surface area contributed by atoms with E-state index in [1.54, 1.807) is 0 Å². The van der Waals surface area contributed by atoms with Gasteiger partial charge in [-0.1, -0.05) is 0 Å². The molecule has 2 saturated heterocycles. The highest BCUT2D eigenvalue weighted by atomic mass is 16.2. The second kappa shape index (κ2) is 7.24. The minimum Gasteiger partial charge on any atom is -0.342 e. The number of aryl methyl sites for hydroxylation is 1. The summed E-state index contributed by atoms with van der Waals surface area (Å²) in [6.45, 7) is 7.88. The van der Waals surface area contributed by atoms with Crippen molar-refractivity contribution in [2.45, 2.75) is 51.1 Å². The zero-order chi connectivity index (χ0) is 18.1. The van der Waals surface area contributed by atoms with Crippen molar-refractivity contribution in [2.24, 2.45) is 5.92 Å². The van der Waals surface area contributed by atoms with Crippen LogP contribution in [0.25, 0.3) is 0 Å². The van der Waals surface area contributed by atoms with Crippen LogP contribution < -0.4 is 0 Å². The lowest BCUT2D eigenvalue weighted by Gasteiger charge is -2.49. The summed E-state index contributed by atoms with van der Waals surface area (Å²) in [5.74, 6) is 1.96. The Hall–Kier alpha value is -1.53. The van der Waals surface area contributed by atoms with Gasteiger partial charge in [0.15, 0.2) is 0 Å². The molecule has 1 aromatic heterocycles. The Kier molecular flexibility index (Phi) is 4.97. The van der Waals surface area contributed by atoms with E-state index in [0.29, 0.717) is 12.3 Å². The van der Waals surface area contributed by atoms with Crippen molar-refractivity contribution in [1.82, 2.24) is 24.7 Å². The summed E-state index contributed by atoms with van der Waals surface area (Å²) in [4.78, 5) is 28.4. The van der Waals surface area contributed by atoms with Crippen LogP contribution in [0, 0.1) is 12.8 Å². The zero-order valence-corrected chi connectivity index (χ0v) is 16.2. The Morgan fingerprint density at radius 2 is 1.92 bits per heavy atom. The molecule has 142 valence electrons. The maximum absolute atomic E-state index is 12.6. The highest BCUT2D eigenvalue weighted by Gasteiger charge is 2.42. The quantitative estimate of drug-likeness (QED) is 0.821. The summed E-state index contributed by atoms with van der Waals surface area (Å²) in [5, 5.41) is 0. The Morgan fingerprint density at radius 1 is 1.15 bits per heavy atom. The summed E-state index contributed by atoms with van der Waals surface area (Å²) in [5.41, 5.74) is 1.30. The largest absolute Gasteiger partial charge is 0.342 e. The standard InChI is InChI=1S/C20H31N5O/c1-16-21-11-18(12-22-16)13-24-10-9-23(2)20(15-24)6-5-19(26)25(8-7-20)14-17-3-4-17/h11-12,17H,3-10,13-15H2,1-2H3. The van der Waals surface area contributed by atoms with Gasteiger partial charge in [0.2, 0.25) is 5.91 Å². The molecule has 3 aliphatic rings. The minimum atomic E-state index is 0.123. The Balaban J connectivity index is 1.43. The van der Waals surface area contributed by atoms with Gasteiger partial charge in [-0.2, -0.15) is 0 Å². The number of likely N-dealkylation sites (N-methyl/N-ethyl adjacent to an activating group) is 1. The number of hydrogen-bond donors (Lipinski definition) is 0. The molecule has 6 heteroatoms. The highest BCUT2D eigenvalue weighted by Crippen LogP contribution is 2.35. The molecular formula is C20H31N5O. The molecule has 0 N–H and O–H groups in total. The highest BCUT2D eigenvalue weighted by molar-refractivity contribution is 5.76. The predicted octanol–water partition coefficient (Wildman–Crippen LogP) is 1.69. The Labute approximate surface area is 156 Å². The summed E-state index contributed by atoms with van der Waals surface area (Å²) < 4.78 is 0. The van der Waals surface area contributed by atoms with E-state index in [9.17, 15) is 4.79 Å². The van der Waals surface area contributed by atoms with Crippen molar-refractivity contribution in [1.29, 1.82) is 0 Å². The van der Waals surface area contributed by atoms with Crippen molar-refractivity contribution in [3.8, 4) is 0 Å². The number of carbonyl (C=O) groups is 1. The minimum absolute atomic E-state index is 0.123. The SMILES string of the molecule is Cc1ncc(CN2CCN(C)C3(CCC(=O)N(CC4CC4)CC3)C2)cn1. The van der Waals surface area contributed by atoms with E-state index in [1.807, 2.05) is 19.3 Å². The number of hydrogen-bond acceptors (Lipinski definition) is 5. The average Bonchev–Trinajstić information content (AvgIpc) is 3.46. The molecule has 0 radical (unpaired) electrons. The second-order valence-corrected chi connectivity index (χ2v) is 8.53. The van der Waals surface area contributed by atoms with Gasteiger partial charge in [-0.3, -0.25) is 14.6 Å². The third-order valence-corrected chi connectivity index (χ3v) is 6.50. The molecule has 4 rings (SSSR count). The molecule has 1 aromatic rings. The topological polar surface area (TPSA) is 52.6 Å². The van der Waals surface area contributed by atoms with Crippen LogP contribution in [0.2, 0.25) is 0 Å². The van der Waals surface area contributed by atoms with E-state index in [4.69, 9.17) is 0 Å². The number of piperazine rings is 1. The van der Waals surface area contributed by atoms with Crippen LogP contribution >= 0.6 is 0 Å². The first-order valence-corrected chi connectivity index (χ1v) is 10.0. The first-order chi connectivity index (χ1) is 12.5. The first kappa shape index (κ1) is 17.9. The van der Waals surface area contributed by atoms with Crippen LogP contribution in [-0.4, -0.2) is 75.9 Å². The third-order valence-electron chi connectivity index (χ3n) is 6.50. The molecule has 1 amide bonds. The molecule has 3 heterocycles. The Morgan fingerprint density at radius 3 is 2.65 bits per heavy atom. The lowest BCUT2D eigenvalue weighted by Crippen LogP contribution is -2.60. The fourth-order valence-corrected chi connectivity index (χ4v) is 4.47. The molecular weight excluding hydrogens is 326 g/mol. The molecule has 0 bridgehead atoms. The molecule has 1 unspecified atom stereocenters. The summed E-state index contributed by atoms with van der Waals surface area (Å²) >= 11 is 0. The van der Waals surface area contributed by atoms with Crippen LogP contribution in [0.15, 0.2) is 12.4 Å². The van der Waals surface area contributed by atoms with Crippen molar-refractivity contribution in [2.75, 3.05) is 39.8 Å². The van der Waals surface area contributed by atoms with Gasteiger partial charge in [-0.15, -0.1) is 0 Å². The van der Waals surface area contributed by atoms with Crippen LogP contribution in [0.1, 0.15) is 43.5 Å². The zero-order valence-electron chi connectivity index (χ0n) is 16.2. The first-order valence-electron chi connectivity index (χ1n) is 10.0. The monoisotopic (exact) mass is 357 g/mol. The van der Waals surface area contributed by atoms with Crippen LogP contribution in [0.4, 0.5) is 0 Å². The lowest BCUT2D eigenvalue weighted by atomic mass is 9.86. The van der Waals surface area contributed by atoms with Gasteiger partial charge in [-0.25, -0.2) is 9.97 Å². The smallest absolute Gasteiger partial charge is 0.222 e. The molecule has 6 nitrogen and oxygen atoms in total. The van der Waals surface area contributed by atoms with E-state index in [2.05, 4.69) is 31.7 Å². The van der Waals surface area contributed by atoms with Gasteiger partial charge in [0.05, 0.1) is 0 Å². The fraction of sp³-hybridized carbons (Fsp3) is 0.750. The maximum Gasteiger partial charge on any atom is 0.222 e. The second-order valence-electron chi connectivity index (χ2n) is 8.53. The molecule has 2 aliphatic heterocycles. The molecule has 3 fully saturated rings. The molecule has 0 aromatic carbocycles. The number of aromatic nitrogens is 2. The predicted molar refractivity (Wildman–Crippen MR) is 101 cm³/mol. The number of carbonyl (C=O) groups excluding carboxylic acids is 1. The van der Waals surface area contributed by atoms with Crippen molar-refractivity contribution >= 4 is 5.91 Å². The van der Waals surface area contributed by atoms with E-state index in [0.717, 1.165) is 63.9 Å². The van der Waals surface area contributed by atoms with Crippen LogP contribution in [0.3, 0.4) is 0 Å². The number of rotatable bonds is 4. The van der Waals surface area contributed by atoms with Gasteiger partial charge in [-0.05, 0) is 45.6 Å². The van der Waals surface area contributed by atoms with Crippen molar-refractivity contribution in [3.05, 3.63) is 23.8 Å². The fourth-order valence-electron chi connectivity index (χ4n) is 4.47. The summed E-state index contributed by atoms with van der Waals surface area (Å²) in [6.07, 6.45) is 9.26. The van der Waals surface area contributed by atoms with Gasteiger partial charge in [0.25, 0.3) is 0 Å². The third kappa shape index (κ3) is 3.91. The molecule has 26 heavy (non-hydrogen) atoms. The number of amides is 1. The number of nitrogens with zero attached hydrogens (tertiary/aromatic N) is 5. The molecule has 1 aliphatic carbocycles. The van der Waals surface area contributed by atoms with E-state index < -0.39 is 0 Å². The van der Waals surface area contributed by atoms with E-state index in [-0.39, 0.29) is 5.54 Å². The number of likely N-dealkylation sites (tertiary alicyclic amines) is 1. The summed E-state index contributed by atoms with van der Waals surface area (Å²) in [7, 11) is 2.24. The lowest BCUT2D eigenvalue weighted by molar-refractivity contribution is -0.131. The summed E-state index contributed by atoms with van der Waals surface area (Å²) in [6, 6.07) is 0. The average molecular weight is 358 g/mol. The van der Waals surface area contributed by atoms with Gasteiger partial charge >= 0.3 is 0 Å². The molecule has 1 atom stereocenters. The van der Waals surface area contributed by atoms with Crippen molar-refractivity contribution < 1.29 is 4.79 Å². The van der Waals surface area contributed by atoms with E-state index >= 15 is 0 Å². The van der Waals surface area contributed by atoms with Gasteiger partial charge < -0.3 is 4.90 Å². The van der Waals surface area contributed by atoms with Gasteiger partial charge in [0.1, 0.15) is 5.82 Å². The maximum atomic E-state index is 12.6. The molecule has 1 spiro atoms. The van der Waals surface area contributed by atoms with Crippen LogP contribution in [0.5, 0.6) is 0 Å². The normalized spacial score (nSPS) is 28.5. The van der Waals surface area contributed by atoms with Gasteiger partial charge in [0, 0.05) is 69.2 Å². The van der Waals surface area contributed by atoms with E-state index in [1.165, 1.54) is 18.4 Å². The van der Waals surface area contributed by atoms with Crippen molar-refractivity contribution in [3.63, 3.8) is 0 Å². The molecule has 1 saturated carbocycles.